The van der Waals surface area contributed by atoms with Gasteiger partial charge in [-0.1, -0.05) is 37.3 Å². The molecule has 2 aliphatic rings. The molecule has 0 aromatic heterocycles. The minimum atomic E-state index is 0.188. The van der Waals surface area contributed by atoms with E-state index in [-0.39, 0.29) is 5.91 Å². The van der Waals surface area contributed by atoms with Crippen molar-refractivity contribution >= 4 is 17.7 Å². The first-order valence-electron chi connectivity index (χ1n) is 7.44. The van der Waals surface area contributed by atoms with E-state index in [1.165, 1.54) is 5.56 Å². The highest BCUT2D eigenvalue weighted by Crippen LogP contribution is 2.35. The Balaban J connectivity index is 1.70. The van der Waals surface area contributed by atoms with Gasteiger partial charge in [-0.3, -0.25) is 9.69 Å². The zero-order chi connectivity index (χ0) is 13.9. The van der Waals surface area contributed by atoms with Crippen molar-refractivity contribution in [2.75, 3.05) is 18.8 Å². The summed E-state index contributed by atoms with van der Waals surface area (Å²) in [5, 5.41) is 3.63. The summed E-state index contributed by atoms with van der Waals surface area (Å²) in [6.07, 6.45) is 2.31. The molecule has 1 aliphatic heterocycles. The molecule has 1 N–H and O–H groups in total. The molecule has 2 atom stereocenters. The summed E-state index contributed by atoms with van der Waals surface area (Å²) >= 11 is 2.00. The fourth-order valence-corrected chi connectivity index (χ4v) is 4.10. The van der Waals surface area contributed by atoms with E-state index in [4.69, 9.17) is 0 Å². The predicted octanol–water partition coefficient (Wildman–Crippen LogP) is 2.44. The molecule has 1 heterocycles. The van der Waals surface area contributed by atoms with Crippen molar-refractivity contribution in [1.82, 2.24) is 10.2 Å². The molecule has 2 fully saturated rings. The lowest BCUT2D eigenvalue weighted by molar-refractivity contribution is -0.123. The lowest BCUT2D eigenvalue weighted by atomic mass is 10.0. The fourth-order valence-electron chi connectivity index (χ4n) is 2.88. The highest BCUT2D eigenvalue weighted by Gasteiger charge is 2.32. The van der Waals surface area contributed by atoms with E-state index < -0.39 is 0 Å². The number of benzene rings is 1. The van der Waals surface area contributed by atoms with Crippen LogP contribution in [0.3, 0.4) is 0 Å². The second-order valence-corrected chi connectivity index (χ2v) is 7.23. The standard InChI is InChI=1S/C16H22N2OS/c1-12-16(13-5-3-2-4-6-13)18(9-10-20-12)11-15(19)17-14-7-8-14/h2-6,12,14,16H,7-11H2,1H3,(H,17,19)/t12-,16-/m0/s1. The van der Waals surface area contributed by atoms with Gasteiger partial charge < -0.3 is 5.32 Å². The van der Waals surface area contributed by atoms with Crippen molar-refractivity contribution in [1.29, 1.82) is 0 Å². The van der Waals surface area contributed by atoms with Crippen molar-refractivity contribution in [3.05, 3.63) is 35.9 Å². The van der Waals surface area contributed by atoms with Gasteiger partial charge in [-0.05, 0) is 18.4 Å². The Bertz CT molecular complexity index is 461. The van der Waals surface area contributed by atoms with Gasteiger partial charge in [0, 0.05) is 29.6 Å². The molecule has 20 heavy (non-hydrogen) atoms. The molecule has 0 unspecified atom stereocenters. The number of hydrogen-bond acceptors (Lipinski definition) is 3. The van der Waals surface area contributed by atoms with Crippen LogP contribution >= 0.6 is 11.8 Å². The van der Waals surface area contributed by atoms with Gasteiger partial charge in [-0.15, -0.1) is 0 Å². The predicted molar refractivity (Wildman–Crippen MR) is 83.8 cm³/mol. The summed E-state index contributed by atoms with van der Waals surface area (Å²) in [5.74, 6) is 1.30. The highest BCUT2D eigenvalue weighted by atomic mass is 32.2. The first-order chi connectivity index (χ1) is 9.74. The molecule has 1 saturated carbocycles. The molecule has 4 heteroatoms. The van der Waals surface area contributed by atoms with Crippen molar-refractivity contribution in [2.24, 2.45) is 0 Å². The summed E-state index contributed by atoms with van der Waals surface area (Å²) in [6, 6.07) is 11.4. The number of carbonyl (C=O) groups is 1. The van der Waals surface area contributed by atoms with Crippen LogP contribution in [0, 0.1) is 0 Å². The third-order valence-electron chi connectivity index (χ3n) is 4.03. The maximum Gasteiger partial charge on any atom is 0.234 e. The Morgan fingerprint density at radius 3 is 2.80 bits per heavy atom. The average Bonchev–Trinajstić information content (AvgIpc) is 3.23. The van der Waals surface area contributed by atoms with E-state index in [1.807, 2.05) is 17.8 Å². The number of nitrogens with one attached hydrogen (secondary N) is 1. The van der Waals surface area contributed by atoms with Crippen molar-refractivity contribution in [3.8, 4) is 0 Å². The first-order valence-corrected chi connectivity index (χ1v) is 8.49. The van der Waals surface area contributed by atoms with Crippen molar-refractivity contribution in [3.63, 3.8) is 0 Å². The van der Waals surface area contributed by atoms with Gasteiger partial charge in [-0.2, -0.15) is 11.8 Å². The van der Waals surface area contributed by atoms with Crippen LogP contribution in [0.4, 0.5) is 0 Å². The second-order valence-electron chi connectivity index (χ2n) is 5.74. The number of thioether (sulfide) groups is 1. The van der Waals surface area contributed by atoms with Crippen LogP contribution in [-0.2, 0) is 4.79 Å². The lowest BCUT2D eigenvalue weighted by Gasteiger charge is -2.39. The molecular weight excluding hydrogens is 268 g/mol. The maximum absolute atomic E-state index is 12.1. The molecule has 0 spiro atoms. The van der Waals surface area contributed by atoms with E-state index in [1.54, 1.807) is 0 Å². The van der Waals surface area contributed by atoms with Crippen LogP contribution in [0.25, 0.3) is 0 Å². The minimum absolute atomic E-state index is 0.188. The fraction of sp³-hybridized carbons (Fsp3) is 0.562. The molecule has 1 aromatic carbocycles. The van der Waals surface area contributed by atoms with Crippen LogP contribution in [0.1, 0.15) is 31.4 Å². The number of hydrogen-bond donors (Lipinski definition) is 1. The SMILES string of the molecule is C[C@@H]1SCCN(CC(=O)NC2CC2)[C@@H]1c1ccccc1. The molecular formula is C16H22N2OS. The van der Waals surface area contributed by atoms with Crippen LogP contribution < -0.4 is 5.32 Å². The summed E-state index contributed by atoms with van der Waals surface area (Å²) in [7, 11) is 0. The smallest absolute Gasteiger partial charge is 0.234 e. The largest absolute Gasteiger partial charge is 0.352 e. The Morgan fingerprint density at radius 1 is 1.35 bits per heavy atom. The Kier molecular flexibility index (Phi) is 4.32. The zero-order valence-corrected chi connectivity index (χ0v) is 12.7. The van der Waals surface area contributed by atoms with Gasteiger partial charge in [-0.25, -0.2) is 0 Å². The monoisotopic (exact) mass is 290 g/mol. The highest BCUT2D eigenvalue weighted by molar-refractivity contribution is 8.00. The van der Waals surface area contributed by atoms with Crippen molar-refractivity contribution in [2.45, 2.75) is 37.1 Å². The summed E-state index contributed by atoms with van der Waals surface area (Å²) in [5.41, 5.74) is 1.33. The third kappa shape index (κ3) is 3.36. The van der Waals surface area contributed by atoms with E-state index in [2.05, 4.69) is 41.4 Å². The van der Waals surface area contributed by atoms with Crippen LogP contribution in [0.2, 0.25) is 0 Å². The molecule has 1 aliphatic carbocycles. The van der Waals surface area contributed by atoms with Gasteiger partial charge in [0.2, 0.25) is 5.91 Å². The van der Waals surface area contributed by atoms with Crippen molar-refractivity contribution < 1.29 is 4.79 Å². The Hall–Kier alpha value is -1.00. The number of nitrogens with zero attached hydrogens (tertiary/aromatic N) is 1. The zero-order valence-electron chi connectivity index (χ0n) is 11.9. The number of rotatable bonds is 4. The molecule has 108 valence electrons. The molecule has 1 saturated heterocycles. The van der Waals surface area contributed by atoms with E-state index in [0.29, 0.717) is 23.9 Å². The molecule has 1 amide bonds. The van der Waals surface area contributed by atoms with E-state index in [0.717, 1.165) is 25.1 Å². The van der Waals surface area contributed by atoms with Crippen LogP contribution in [0.15, 0.2) is 30.3 Å². The molecule has 0 bridgehead atoms. The molecule has 3 nitrogen and oxygen atoms in total. The number of amides is 1. The lowest BCUT2D eigenvalue weighted by Crippen LogP contribution is -2.46. The van der Waals surface area contributed by atoms with Gasteiger partial charge in [0.05, 0.1) is 6.54 Å². The van der Waals surface area contributed by atoms with Crippen LogP contribution in [-0.4, -0.2) is 40.9 Å². The quantitative estimate of drug-likeness (QED) is 0.924. The third-order valence-corrected chi connectivity index (χ3v) is 5.23. The average molecular weight is 290 g/mol. The molecule has 1 aromatic rings. The number of carbonyl (C=O) groups excluding carboxylic acids is 1. The Morgan fingerprint density at radius 2 is 2.10 bits per heavy atom. The Labute approximate surface area is 125 Å². The molecule has 0 radical (unpaired) electrons. The van der Waals surface area contributed by atoms with Gasteiger partial charge in [0.1, 0.15) is 0 Å². The van der Waals surface area contributed by atoms with Gasteiger partial charge in [0.15, 0.2) is 0 Å². The van der Waals surface area contributed by atoms with Gasteiger partial charge >= 0.3 is 0 Å². The molecule has 3 rings (SSSR count). The van der Waals surface area contributed by atoms with E-state index >= 15 is 0 Å². The van der Waals surface area contributed by atoms with Crippen LogP contribution in [0.5, 0.6) is 0 Å². The normalized spacial score (nSPS) is 27.2. The second kappa shape index (κ2) is 6.19. The maximum atomic E-state index is 12.1. The summed E-state index contributed by atoms with van der Waals surface area (Å²) in [4.78, 5) is 14.4. The minimum Gasteiger partial charge on any atom is -0.352 e. The van der Waals surface area contributed by atoms with E-state index in [9.17, 15) is 4.79 Å². The van der Waals surface area contributed by atoms with Gasteiger partial charge in [0.25, 0.3) is 0 Å². The first kappa shape index (κ1) is 14.0. The topological polar surface area (TPSA) is 32.3 Å². The summed E-state index contributed by atoms with van der Waals surface area (Å²) < 4.78 is 0. The summed E-state index contributed by atoms with van der Waals surface area (Å²) in [6.45, 7) is 3.79.